The van der Waals surface area contributed by atoms with Crippen LogP contribution in [-0.4, -0.2) is 11.1 Å². The number of phenols is 1. The summed E-state index contributed by atoms with van der Waals surface area (Å²) in [4.78, 5) is 0. The maximum absolute atomic E-state index is 13.1. The number of nitrogens with one attached hydrogen (secondary N) is 1. The van der Waals surface area contributed by atoms with Crippen molar-refractivity contribution in [2.75, 3.05) is 5.32 Å². The van der Waals surface area contributed by atoms with Crippen LogP contribution in [0.5, 0.6) is 5.75 Å². The molecule has 1 aromatic carbocycles. The number of hydrogen-bond acceptors (Lipinski definition) is 2. The van der Waals surface area contributed by atoms with Gasteiger partial charge in [-0.25, -0.2) is 4.39 Å². The molecule has 0 bridgehead atoms. The largest absolute Gasteiger partial charge is 0.505 e. The Bertz CT molecular complexity index is 372. The van der Waals surface area contributed by atoms with Crippen LogP contribution in [0.3, 0.4) is 0 Å². The summed E-state index contributed by atoms with van der Waals surface area (Å²) in [7, 11) is 0. The summed E-state index contributed by atoms with van der Waals surface area (Å²) in [6, 6.07) is 4.89. The van der Waals surface area contributed by atoms with E-state index in [1.165, 1.54) is 12.1 Å². The summed E-state index contributed by atoms with van der Waals surface area (Å²) in [6.07, 6.45) is 2.31. The Hall–Kier alpha value is -1.25. The molecular formula is C13H18FNO. The van der Waals surface area contributed by atoms with E-state index in [1.807, 2.05) is 0 Å². The van der Waals surface area contributed by atoms with E-state index in [2.05, 4.69) is 19.2 Å². The van der Waals surface area contributed by atoms with Crippen LogP contribution in [0.15, 0.2) is 18.2 Å². The fourth-order valence-corrected chi connectivity index (χ4v) is 2.16. The van der Waals surface area contributed by atoms with Crippen LogP contribution in [-0.2, 0) is 0 Å². The Morgan fingerprint density at radius 1 is 1.38 bits per heavy atom. The van der Waals surface area contributed by atoms with Crippen molar-refractivity contribution in [2.45, 2.75) is 32.7 Å². The van der Waals surface area contributed by atoms with E-state index in [4.69, 9.17) is 5.11 Å². The van der Waals surface area contributed by atoms with Crippen LogP contribution in [0.4, 0.5) is 10.1 Å². The number of rotatable bonds is 3. The second kappa shape index (κ2) is 4.32. The normalized spacial score (nSPS) is 24.2. The molecule has 1 saturated carbocycles. The first-order chi connectivity index (χ1) is 7.56. The van der Waals surface area contributed by atoms with Crippen molar-refractivity contribution in [2.24, 2.45) is 11.8 Å². The van der Waals surface area contributed by atoms with Crippen LogP contribution in [0.2, 0.25) is 0 Å². The molecule has 0 atom stereocenters. The average Bonchev–Trinajstić information content (AvgIpc) is 2.15. The lowest BCUT2D eigenvalue weighted by molar-refractivity contribution is 0.212. The first-order valence-corrected chi connectivity index (χ1v) is 5.81. The molecule has 0 radical (unpaired) electrons. The third-order valence-electron chi connectivity index (χ3n) is 3.44. The molecule has 16 heavy (non-hydrogen) atoms. The zero-order valence-corrected chi connectivity index (χ0v) is 9.70. The van der Waals surface area contributed by atoms with Crippen LogP contribution >= 0.6 is 0 Å². The number of hydrogen-bond donors (Lipinski definition) is 2. The molecule has 1 aliphatic rings. The van der Waals surface area contributed by atoms with Gasteiger partial charge in [0.1, 0.15) is 0 Å². The number of aromatic hydroxyl groups is 1. The number of benzene rings is 1. The first kappa shape index (κ1) is 11.2. The number of anilines is 1. The summed E-state index contributed by atoms with van der Waals surface area (Å²) in [5.41, 5.74) is 0.752. The first-order valence-electron chi connectivity index (χ1n) is 5.81. The Kier molecular flexibility index (Phi) is 3.03. The van der Waals surface area contributed by atoms with Crippen molar-refractivity contribution in [1.82, 2.24) is 0 Å². The highest BCUT2D eigenvalue weighted by atomic mass is 19.1. The van der Waals surface area contributed by atoms with Gasteiger partial charge in [0.2, 0.25) is 0 Å². The van der Waals surface area contributed by atoms with Gasteiger partial charge in [0.05, 0.1) is 0 Å². The lowest BCUT2D eigenvalue weighted by atomic mass is 9.73. The van der Waals surface area contributed by atoms with Crippen LogP contribution in [0, 0.1) is 17.7 Å². The van der Waals surface area contributed by atoms with Crippen molar-refractivity contribution in [3.8, 4) is 5.75 Å². The lowest BCUT2D eigenvalue weighted by Gasteiger charge is -2.39. The maximum atomic E-state index is 13.1. The van der Waals surface area contributed by atoms with Crippen LogP contribution in [0.1, 0.15) is 26.7 Å². The van der Waals surface area contributed by atoms with Gasteiger partial charge >= 0.3 is 0 Å². The molecule has 2 nitrogen and oxygen atoms in total. The summed E-state index contributed by atoms with van der Waals surface area (Å²) in [6.45, 7) is 4.47. The van der Waals surface area contributed by atoms with Crippen molar-refractivity contribution in [1.29, 1.82) is 0 Å². The molecule has 1 aliphatic carbocycles. The SMILES string of the molecule is CC(C)C1CC(Nc2ccc(O)c(F)c2)C1. The number of halogens is 1. The van der Waals surface area contributed by atoms with E-state index in [9.17, 15) is 4.39 Å². The monoisotopic (exact) mass is 223 g/mol. The third-order valence-corrected chi connectivity index (χ3v) is 3.44. The number of phenolic OH excluding ortho intramolecular Hbond substituents is 1. The van der Waals surface area contributed by atoms with Gasteiger partial charge in [-0.1, -0.05) is 13.8 Å². The molecule has 0 heterocycles. The summed E-state index contributed by atoms with van der Waals surface area (Å²) in [5.74, 6) is 0.665. The summed E-state index contributed by atoms with van der Waals surface area (Å²) in [5, 5.41) is 12.3. The molecular weight excluding hydrogens is 205 g/mol. The molecule has 0 spiro atoms. The molecule has 2 rings (SSSR count). The second-order valence-electron chi connectivity index (χ2n) is 4.98. The zero-order valence-electron chi connectivity index (χ0n) is 9.70. The van der Waals surface area contributed by atoms with Crippen molar-refractivity contribution in [3.05, 3.63) is 24.0 Å². The quantitative estimate of drug-likeness (QED) is 0.770. The molecule has 0 amide bonds. The van der Waals surface area contributed by atoms with Gasteiger partial charge < -0.3 is 10.4 Å². The van der Waals surface area contributed by atoms with Gasteiger partial charge in [-0.2, -0.15) is 0 Å². The molecule has 0 aromatic heterocycles. The lowest BCUT2D eigenvalue weighted by Crippen LogP contribution is -2.37. The molecule has 0 aliphatic heterocycles. The van der Waals surface area contributed by atoms with E-state index in [-0.39, 0.29) is 5.75 Å². The van der Waals surface area contributed by atoms with Crippen LogP contribution in [0.25, 0.3) is 0 Å². The van der Waals surface area contributed by atoms with Gasteiger partial charge in [0.25, 0.3) is 0 Å². The van der Waals surface area contributed by atoms with E-state index in [0.29, 0.717) is 6.04 Å². The van der Waals surface area contributed by atoms with Crippen molar-refractivity contribution >= 4 is 5.69 Å². The minimum Gasteiger partial charge on any atom is -0.505 e. The Morgan fingerprint density at radius 2 is 2.06 bits per heavy atom. The second-order valence-corrected chi connectivity index (χ2v) is 4.98. The van der Waals surface area contributed by atoms with Gasteiger partial charge in [0.15, 0.2) is 11.6 Å². The van der Waals surface area contributed by atoms with Crippen molar-refractivity contribution < 1.29 is 9.50 Å². The predicted molar refractivity (Wildman–Crippen MR) is 63.0 cm³/mol. The average molecular weight is 223 g/mol. The van der Waals surface area contributed by atoms with Gasteiger partial charge in [-0.05, 0) is 36.8 Å². The molecule has 2 N–H and O–H groups in total. The topological polar surface area (TPSA) is 32.3 Å². The molecule has 3 heteroatoms. The van der Waals surface area contributed by atoms with Gasteiger partial charge in [0, 0.05) is 17.8 Å². The minimum atomic E-state index is -0.565. The highest BCUT2D eigenvalue weighted by Gasteiger charge is 2.30. The molecule has 1 fully saturated rings. The minimum absolute atomic E-state index is 0.292. The van der Waals surface area contributed by atoms with Gasteiger partial charge in [-0.15, -0.1) is 0 Å². The Labute approximate surface area is 95.5 Å². The van der Waals surface area contributed by atoms with E-state index in [0.717, 1.165) is 30.4 Å². The zero-order chi connectivity index (χ0) is 11.7. The molecule has 88 valence electrons. The highest BCUT2D eigenvalue weighted by molar-refractivity contribution is 5.48. The Balaban J connectivity index is 1.89. The fraction of sp³-hybridized carbons (Fsp3) is 0.538. The predicted octanol–water partition coefficient (Wildman–Crippen LogP) is 3.38. The maximum Gasteiger partial charge on any atom is 0.166 e. The van der Waals surface area contributed by atoms with Crippen molar-refractivity contribution in [3.63, 3.8) is 0 Å². The summed E-state index contributed by atoms with van der Waals surface area (Å²) >= 11 is 0. The highest BCUT2D eigenvalue weighted by Crippen LogP contribution is 2.35. The van der Waals surface area contributed by atoms with E-state index < -0.39 is 5.82 Å². The van der Waals surface area contributed by atoms with Crippen LogP contribution < -0.4 is 5.32 Å². The standard InChI is InChI=1S/C13H18FNO/c1-8(2)9-5-11(6-9)15-10-3-4-13(16)12(14)7-10/h3-4,7-9,11,15-16H,5-6H2,1-2H3. The molecule has 1 aromatic rings. The molecule has 0 saturated heterocycles. The van der Waals surface area contributed by atoms with E-state index >= 15 is 0 Å². The van der Waals surface area contributed by atoms with Gasteiger partial charge in [-0.3, -0.25) is 0 Å². The third kappa shape index (κ3) is 2.29. The van der Waals surface area contributed by atoms with E-state index in [1.54, 1.807) is 6.07 Å². The Morgan fingerprint density at radius 3 is 2.62 bits per heavy atom. The molecule has 0 unspecified atom stereocenters. The summed E-state index contributed by atoms with van der Waals surface area (Å²) < 4.78 is 13.1. The smallest absolute Gasteiger partial charge is 0.166 e. The fourth-order valence-electron chi connectivity index (χ4n) is 2.16.